The van der Waals surface area contributed by atoms with E-state index in [0.29, 0.717) is 48.3 Å². The lowest BCUT2D eigenvalue weighted by molar-refractivity contribution is -0.0248. The van der Waals surface area contributed by atoms with Crippen LogP contribution in [0.15, 0.2) is 36.5 Å². The highest BCUT2D eigenvalue weighted by Crippen LogP contribution is 2.34. The lowest BCUT2D eigenvalue weighted by Gasteiger charge is -2.33. The number of aryl methyl sites for hydroxylation is 1. The van der Waals surface area contributed by atoms with E-state index >= 15 is 0 Å². The second kappa shape index (κ2) is 14.5. The van der Waals surface area contributed by atoms with E-state index in [1.54, 1.807) is 14.2 Å². The van der Waals surface area contributed by atoms with Gasteiger partial charge in [-0.25, -0.2) is 4.85 Å². The Hall–Kier alpha value is -2.89. The third-order valence-electron chi connectivity index (χ3n) is 6.94. The fraction of sp³-hybridized carbons (Fsp3) is 0.484. The minimum atomic E-state index is -0.0542. The second-order valence-electron chi connectivity index (χ2n) is 10.2. The first-order chi connectivity index (χ1) is 18.7. The molecule has 0 saturated heterocycles. The van der Waals surface area contributed by atoms with Crippen LogP contribution >= 0.6 is 11.6 Å². The van der Waals surface area contributed by atoms with Gasteiger partial charge in [0.15, 0.2) is 5.69 Å². The molecule has 0 aliphatic heterocycles. The number of aromatic nitrogens is 1. The number of halogens is 1. The van der Waals surface area contributed by atoms with Crippen LogP contribution in [0.5, 0.6) is 5.75 Å². The minimum Gasteiger partial charge on any atom is -0.495 e. The van der Waals surface area contributed by atoms with Crippen molar-refractivity contribution in [3.63, 3.8) is 0 Å². The molecule has 1 atom stereocenters. The molecule has 0 fully saturated rings. The number of nitrogens with one attached hydrogen (secondary N) is 1. The number of methoxy groups -OCH3 is 2. The highest BCUT2D eigenvalue weighted by Gasteiger charge is 2.20. The molecule has 3 aromatic rings. The zero-order chi connectivity index (χ0) is 28.5. The van der Waals surface area contributed by atoms with Gasteiger partial charge < -0.3 is 19.5 Å². The van der Waals surface area contributed by atoms with Gasteiger partial charge in [-0.05, 0) is 63.4 Å². The predicted octanol–water partition coefficient (Wildman–Crippen LogP) is 7.27. The van der Waals surface area contributed by atoms with Gasteiger partial charge in [0.2, 0.25) is 0 Å². The maximum Gasteiger partial charge on any atom is 0.188 e. The van der Waals surface area contributed by atoms with Crippen LogP contribution in [0.4, 0.5) is 11.4 Å². The van der Waals surface area contributed by atoms with Gasteiger partial charge >= 0.3 is 0 Å². The molecule has 0 amide bonds. The van der Waals surface area contributed by atoms with Crippen molar-refractivity contribution in [2.24, 2.45) is 0 Å². The fourth-order valence-corrected chi connectivity index (χ4v) is 5.09. The highest BCUT2D eigenvalue weighted by atomic mass is 35.5. The van der Waals surface area contributed by atoms with Crippen LogP contribution in [0.25, 0.3) is 15.7 Å². The number of hydrogen-bond acceptors (Lipinski definition) is 6. The topological polar surface area (TPSA) is 60.2 Å². The molecule has 0 aliphatic carbocycles. The number of anilines is 1. The fourth-order valence-electron chi connectivity index (χ4n) is 4.81. The average molecular weight is 553 g/mol. The summed E-state index contributed by atoms with van der Waals surface area (Å²) in [5.74, 6) is 0.638. The molecule has 7 nitrogen and oxygen atoms in total. The van der Waals surface area contributed by atoms with Crippen LogP contribution in [0.2, 0.25) is 5.02 Å². The van der Waals surface area contributed by atoms with E-state index in [0.717, 1.165) is 46.2 Å². The first-order valence-corrected chi connectivity index (χ1v) is 13.8. The summed E-state index contributed by atoms with van der Waals surface area (Å²) in [7, 11) is 3.33. The van der Waals surface area contributed by atoms with Crippen molar-refractivity contribution in [1.82, 2.24) is 9.88 Å². The molecule has 0 aliphatic rings. The van der Waals surface area contributed by atoms with Crippen LogP contribution < -0.4 is 10.1 Å². The van der Waals surface area contributed by atoms with Crippen molar-refractivity contribution in [2.45, 2.75) is 72.4 Å². The summed E-state index contributed by atoms with van der Waals surface area (Å²) < 4.78 is 17.3. The first-order valence-electron chi connectivity index (χ1n) is 13.5. The second-order valence-corrected chi connectivity index (χ2v) is 10.6. The molecule has 1 N–H and O–H groups in total. The number of fused-ring (bicyclic) bond motifs is 1. The largest absolute Gasteiger partial charge is 0.495 e. The van der Waals surface area contributed by atoms with Crippen LogP contribution in [0, 0.1) is 6.57 Å². The molecule has 0 spiro atoms. The molecule has 210 valence electrons. The summed E-state index contributed by atoms with van der Waals surface area (Å²) in [6.45, 7) is 20.6. The number of hydrogen-bond donors (Lipinski definition) is 1. The summed E-state index contributed by atoms with van der Waals surface area (Å²) in [5, 5.41) is 5.07. The van der Waals surface area contributed by atoms with Crippen molar-refractivity contribution in [2.75, 3.05) is 32.7 Å². The van der Waals surface area contributed by atoms with Crippen LogP contribution in [0.3, 0.4) is 0 Å². The first kappa shape index (κ1) is 30.6. The molecule has 1 heterocycles. The smallest absolute Gasteiger partial charge is 0.188 e. The summed E-state index contributed by atoms with van der Waals surface area (Å²) in [6, 6.07) is 10.4. The number of benzene rings is 2. The van der Waals surface area contributed by atoms with Gasteiger partial charge in [-0.15, -0.1) is 0 Å². The van der Waals surface area contributed by atoms with Crippen molar-refractivity contribution >= 4 is 33.9 Å². The van der Waals surface area contributed by atoms with Crippen LogP contribution in [-0.2, 0) is 29.0 Å². The molecule has 0 bridgehead atoms. The predicted molar refractivity (Wildman–Crippen MR) is 160 cm³/mol. The summed E-state index contributed by atoms with van der Waals surface area (Å²) in [4.78, 5) is 10.9. The van der Waals surface area contributed by atoms with E-state index in [1.165, 1.54) is 0 Å². The Morgan fingerprint density at radius 3 is 2.41 bits per heavy atom. The van der Waals surface area contributed by atoms with Gasteiger partial charge in [-0.3, -0.25) is 9.88 Å². The molecule has 0 saturated carbocycles. The molecule has 8 heteroatoms. The van der Waals surface area contributed by atoms with Gasteiger partial charge in [0.05, 0.1) is 43.5 Å². The van der Waals surface area contributed by atoms with E-state index in [1.807, 2.05) is 36.5 Å². The number of rotatable bonds is 14. The maximum atomic E-state index is 7.62. The average Bonchev–Trinajstić information content (AvgIpc) is 2.92. The number of ether oxygens (including phenoxy) is 3. The van der Waals surface area contributed by atoms with Gasteiger partial charge in [0.25, 0.3) is 0 Å². The molecule has 2 aromatic carbocycles. The Morgan fingerprint density at radius 1 is 1.08 bits per heavy atom. The third-order valence-corrected chi connectivity index (χ3v) is 7.24. The third kappa shape index (κ3) is 7.83. The SMILES string of the molecule is [C-]#[N+]c1cc(CC)c2ncc(COCC(CN(C(C)C)C(C)C)OC)c(NCc3ccc(OC)c(Cl)c3)c2c1. The molecule has 39 heavy (non-hydrogen) atoms. The van der Waals surface area contributed by atoms with Crippen molar-refractivity contribution < 1.29 is 14.2 Å². The standard InChI is InChI=1S/C31H41ClN4O3/c1-9-23-13-25(33-6)14-27-30(23)35-16-24(18-39-19-26(37-7)17-36(20(2)3)21(4)5)31(27)34-15-22-10-11-29(38-8)28(32)12-22/h10-14,16,20-21,26H,9,15,17-19H2,1-5,7-8H3,(H,34,35). The maximum absolute atomic E-state index is 7.62. The quantitative estimate of drug-likeness (QED) is 0.212. The van der Waals surface area contributed by atoms with Gasteiger partial charge in [0.1, 0.15) is 5.75 Å². The normalized spacial score (nSPS) is 12.4. The molecular formula is C31H41ClN4O3. The lowest BCUT2D eigenvalue weighted by Crippen LogP contribution is -2.44. The van der Waals surface area contributed by atoms with Crippen molar-refractivity contribution in [3.05, 3.63) is 69.7 Å². The minimum absolute atomic E-state index is 0.0542. The van der Waals surface area contributed by atoms with Crippen LogP contribution in [0.1, 0.15) is 51.3 Å². The summed E-state index contributed by atoms with van der Waals surface area (Å²) in [6.07, 6.45) is 2.61. The van der Waals surface area contributed by atoms with E-state index in [-0.39, 0.29) is 6.10 Å². The highest BCUT2D eigenvalue weighted by molar-refractivity contribution is 6.32. The Bertz CT molecular complexity index is 1280. The molecule has 3 rings (SSSR count). The van der Waals surface area contributed by atoms with E-state index in [4.69, 9.17) is 37.4 Å². The van der Waals surface area contributed by atoms with Crippen molar-refractivity contribution in [3.8, 4) is 5.75 Å². The lowest BCUT2D eigenvalue weighted by atomic mass is 10.0. The Kier molecular flexibility index (Phi) is 11.4. The van der Waals surface area contributed by atoms with Gasteiger partial charge in [-0.1, -0.05) is 30.7 Å². The molecule has 1 unspecified atom stereocenters. The number of nitrogens with zero attached hydrogens (tertiary/aromatic N) is 3. The van der Waals surface area contributed by atoms with Crippen LogP contribution in [-0.4, -0.2) is 55.4 Å². The molecule has 0 radical (unpaired) electrons. The monoisotopic (exact) mass is 552 g/mol. The summed E-state index contributed by atoms with van der Waals surface area (Å²) >= 11 is 6.37. The molecular weight excluding hydrogens is 512 g/mol. The zero-order valence-electron chi connectivity index (χ0n) is 24.2. The van der Waals surface area contributed by atoms with Gasteiger partial charge in [-0.2, -0.15) is 0 Å². The zero-order valence-corrected chi connectivity index (χ0v) is 24.9. The van der Waals surface area contributed by atoms with E-state index in [9.17, 15) is 0 Å². The van der Waals surface area contributed by atoms with Crippen molar-refractivity contribution in [1.29, 1.82) is 0 Å². The molecule has 1 aromatic heterocycles. The Morgan fingerprint density at radius 2 is 1.82 bits per heavy atom. The summed E-state index contributed by atoms with van der Waals surface area (Å²) in [5.41, 5.74) is 5.37. The van der Waals surface area contributed by atoms with E-state index < -0.39 is 0 Å². The van der Waals surface area contributed by atoms with E-state index in [2.05, 4.69) is 49.7 Å². The van der Waals surface area contributed by atoms with Gasteiger partial charge in [0, 0.05) is 55.1 Å². The Labute approximate surface area is 238 Å². The number of pyridine rings is 1. The Balaban J connectivity index is 1.89.